The number of ether oxygens (including phenoxy) is 1. The molecule has 0 fully saturated rings. The highest BCUT2D eigenvalue weighted by Crippen LogP contribution is 2.26. The summed E-state index contributed by atoms with van der Waals surface area (Å²) in [6.07, 6.45) is 1.80. The van der Waals surface area contributed by atoms with Crippen LogP contribution in [-0.4, -0.2) is 6.21 Å². The van der Waals surface area contributed by atoms with Gasteiger partial charge in [-0.2, -0.15) is 0 Å². The number of nitrogens with zero attached hydrogens (tertiary/aromatic N) is 1. The monoisotopic (exact) mass is 335 g/mol. The van der Waals surface area contributed by atoms with Crippen molar-refractivity contribution in [3.05, 3.63) is 94.5 Å². The molecular formula is C21H18ClNO. The first-order valence-electron chi connectivity index (χ1n) is 7.78. The van der Waals surface area contributed by atoms with E-state index in [0.29, 0.717) is 17.4 Å². The van der Waals surface area contributed by atoms with E-state index in [0.717, 1.165) is 16.8 Å². The van der Waals surface area contributed by atoms with E-state index in [1.54, 1.807) is 6.21 Å². The number of hydrogen-bond acceptors (Lipinski definition) is 2. The van der Waals surface area contributed by atoms with Crippen molar-refractivity contribution < 1.29 is 4.74 Å². The van der Waals surface area contributed by atoms with Crippen molar-refractivity contribution in [1.29, 1.82) is 0 Å². The Kier molecular flexibility index (Phi) is 5.29. The van der Waals surface area contributed by atoms with Crippen molar-refractivity contribution in [2.45, 2.75) is 13.5 Å². The van der Waals surface area contributed by atoms with Crippen molar-refractivity contribution in [1.82, 2.24) is 0 Å². The lowest BCUT2D eigenvalue weighted by molar-refractivity contribution is 0.306. The Morgan fingerprint density at radius 2 is 1.71 bits per heavy atom. The van der Waals surface area contributed by atoms with E-state index in [-0.39, 0.29) is 0 Å². The molecule has 24 heavy (non-hydrogen) atoms. The fourth-order valence-corrected chi connectivity index (χ4v) is 2.47. The smallest absolute Gasteiger partial charge is 0.138 e. The molecule has 0 bridgehead atoms. The average molecular weight is 336 g/mol. The van der Waals surface area contributed by atoms with E-state index in [1.807, 2.05) is 72.8 Å². The lowest BCUT2D eigenvalue weighted by Crippen LogP contribution is -1.96. The second-order valence-corrected chi connectivity index (χ2v) is 5.97. The van der Waals surface area contributed by atoms with Crippen LogP contribution in [0.2, 0.25) is 5.02 Å². The molecule has 0 aliphatic heterocycles. The van der Waals surface area contributed by atoms with Crippen LogP contribution in [0.4, 0.5) is 5.69 Å². The van der Waals surface area contributed by atoms with Gasteiger partial charge in [0.15, 0.2) is 0 Å². The van der Waals surface area contributed by atoms with E-state index >= 15 is 0 Å². The van der Waals surface area contributed by atoms with E-state index in [2.05, 4.69) is 11.9 Å². The maximum absolute atomic E-state index is 6.31. The minimum absolute atomic E-state index is 0.497. The fourth-order valence-electron chi connectivity index (χ4n) is 2.23. The largest absolute Gasteiger partial charge is 0.487 e. The van der Waals surface area contributed by atoms with Crippen LogP contribution >= 0.6 is 11.6 Å². The first-order chi connectivity index (χ1) is 11.7. The molecule has 3 aromatic rings. The first kappa shape index (κ1) is 16.3. The normalized spacial score (nSPS) is 10.9. The third-order valence-electron chi connectivity index (χ3n) is 3.59. The number of rotatable bonds is 5. The summed E-state index contributed by atoms with van der Waals surface area (Å²) in [7, 11) is 0. The SMILES string of the molecule is Cc1ccc(N=Cc2ccc(OCc3ccccc3)c(Cl)c2)cc1. The number of halogens is 1. The van der Waals surface area contributed by atoms with Gasteiger partial charge in [-0.15, -0.1) is 0 Å². The van der Waals surface area contributed by atoms with Crippen LogP contribution in [0.15, 0.2) is 77.8 Å². The Hall–Kier alpha value is -2.58. The van der Waals surface area contributed by atoms with Crippen molar-refractivity contribution >= 4 is 23.5 Å². The summed E-state index contributed by atoms with van der Waals surface area (Å²) in [5.74, 6) is 0.674. The second kappa shape index (κ2) is 7.80. The van der Waals surface area contributed by atoms with Crippen LogP contribution in [0.5, 0.6) is 5.75 Å². The third-order valence-corrected chi connectivity index (χ3v) is 3.89. The Bertz CT molecular complexity index is 826. The molecule has 0 radical (unpaired) electrons. The minimum atomic E-state index is 0.497. The summed E-state index contributed by atoms with van der Waals surface area (Å²) in [4.78, 5) is 4.46. The zero-order chi connectivity index (χ0) is 16.8. The highest BCUT2D eigenvalue weighted by Gasteiger charge is 2.03. The topological polar surface area (TPSA) is 21.6 Å². The molecule has 120 valence electrons. The molecule has 0 heterocycles. The second-order valence-electron chi connectivity index (χ2n) is 5.56. The Morgan fingerprint density at radius 3 is 2.42 bits per heavy atom. The molecule has 3 rings (SSSR count). The maximum Gasteiger partial charge on any atom is 0.138 e. The summed E-state index contributed by atoms with van der Waals surface area (Å²) in [6, 6.07) is 23.8. The molecule has 0 N–H and O–H groups in total. The maximum atomic E-state index is 6.31. The predicted molar refractivity (Wildman–Crippen MR) is 101 cm³/mol. The summed E-state index contributed by atoms with van der Waals surface area (Å²) >= 11 is 6.31. The van der Waals surface area contributed by atoms with Gasteiger partial charge in [0.1, 0.15) is 12.4 Å². The fraction of sp³-hybridized carbons (Fsp3) is 0.0952. The van der Waals surface area contributed by atoms with Gasteiger partial charge in [-0.3, -0.25) is 4.99 Å². The van der Waals surface area contributed by atoms with Crippen molar-refractivity contribution in [3.8, 4) is 5.75 Å². The molecule has 0 aromatic heterocycles. The molecule has 0 saturated carbocycles. The number of hydrogen-bond donors (Lipinski definition) is 0. The highest BCUT2D eigenvalue weighted by atomic mass is 35.5. The van der Waals surface area contributed by atoms with Gasteiger partial charge < -0.3 is 4.74 Å². The van der Waals surface area contributed by atoms with Crippen LogP contribution in [0.3, 0.4) is 0 Å². The van der Waals surface area contributed by atoms with Gasteiger partial charge >= 0.3 is 0 Å². The third kappa shape index (κ3) is 4.46. The Labute approximate surface area is 147 Å². The number of benzene rings is 3. The molecule has 0 unspecified atom stereocenters. The quantitative estimate of drug-likeness (QED) is 0.526. The first-order valence-corrected chi connectivity index (χ1v) is 8.15. The van der Waals surface area contributed by atoms with Crippen LogP contribution in [0, 0.1) is 6.92 Å². The molecule has 0 aliphatic carbocycles. The van der Waals surface area contributed by atoms with E-state index < -0.39 is 0 Å². The van der Waals surface area contributed by atoms with Crippen LogP contribution in [0.25, 0.3) is 0 Å². The highest BCUT2D eigenvalue weighted by molar-refractivity contribution is 6.32. The van der Waals surface area contributed by atoms with Gasteiger partial charge in [-0.1, -0.05) is 59.6 Å². The van der Waals surface area contributed by atoms with Crippen molar-refractivity contribution in [3.63, 3.8) is 0 Å². The standard InChI is InChI=1S/C21H18ClNO/c1-16-7-10-19(11-8-16)23-14-18-9-12-21(20(22)13-18)24-15-17-5-3-2-4-6-17/h2-14H,15H2,1H3. The molecule has 2 nitrogen and oxygen atoms in total. The molecule has 0 amide bonds. The zero-order valence-electron chi connectivity index (χ0n) is 13.4. The molecule has 0 atom stereocenters. The molecule has 0 spiro atoms. The predicted octanol–water partition coefficient (Wildman–Crippen LogP) is 5.98. The lowest BCUT2D eigenvalue weighted by atomic mass is 10.2. The van der Waals surface area contributed by atoms with Gasteiger partial charge in [0.25, 0.3) is 0 Å². The average Bonchev–Trinajstić information content (AvgIpc) is 2.61. The van der Waals surface area contributed by atoms with Crippen LogP contribution in [0.1, 0.15) is 16.7 Å². The Balaban J connectivity index is 1.67. The lowest BCUT2D eigenvalue weighted by Gasteiger charge is -2.08. The summed E-state index contributed by atoms with van der Waals surface area (Å²) in [5.41, 5.74) is 4.18. The van der Waals surface area contributed by atoms with Gasteiger partial charge in [0.05, 0.1) is 10.7 Å². The van der Waals surface area contributed by atoms with E-state index in [4.69, 9.17) is 16.3 Å². The minimum Gasteiger partial charge on any atom is -0.487 e. The van der Waals surface area contributed by atoms with Gasteiger partial charge in [0.2, 0.25) is 0 Å². The van der Waals surface area contributed by atoms with E-state index in [1.165, 1.54) is 5.56 Å². The molecule has 3 aromatic carbocycles. The summed E-state index contributed by atoms with van der Waals surface area (Å²) < 4.78 is 5.78. The molecule has 3 heteroatoms. The number of aliphatic imine (C=N–C) groups is 1. The van der Waals surface area contributed by atoms with E-state index in [9.17, 15) is 0 Å². The molecule has 0 saturated heterocycles. The van der Waals surface area contributed by atoms with Gasteiger partial charge in [-0.25, -0.2) is 0 Å². The number of aryl methyl sites for hydroxylation is 1. The van der Waals surface area contributed by atoms with Gasteiger partial charge in [-0.05, 0) is 48.4 Å². The van der Waals surface area contributed by atoms with Crippen molar-refractivity contribution in [2.24, 2.45) is 4.99 Å². The molecular weight excluding hydrogens is 318 g/mol. The summed E-state index contributed by atoms with van der Waals surface area (Å²) in [6.45, 7) is 2.55. The zero-order valence-corrected chi connectivity index (χ0v) is 14.2. The molecule has 0 aliphatic rings. The van der Waals surface area contributed by atoms with Gasteiger partial charge in [0, 0.05) is 6.21 Å². The van der Waals surface area contributed by atoms with Crippen LogP contribution < -0.4 is 4.74 Å². The van der Waals surface area contributed by atoms with Crippen LogP contribution in [-0.2, 0) is 6.61 Å². The Morgan fingerprint density at radius 1 is 0.958 bits per heavy atom. The summed E-state index contributed by atoms with van der Waals surface area (Å²) in [5, 5.41) is 0.582. The van der Waals surface area contributed by atoms with Crippen molar-refractivity contribution in [2.75, 3.05) is 0 Å².